The lowest BCUT2D eigenvalue weighted by Crippen LogP contribution is -2.56. The number of rotatable bonds is 9. The molecule has 110 valence electrons. The standard InChI is InChI=1S/C13H27BN2O3/c1-10(2)9-16-12-7-11(8-12)13(15,17)5-3-4-6-14(18)19/h11-12,16-19H,1,3-9,15H2,2H3. The molecule has 1 aliphatic rings. The Kier molecular flexibility index (Phi) is 6.49. The quantitative estimate of drug-likeness (QED) is 0.179. The van der Waals surface area contributed by atoms with Crippen molar-refractivity contribution in [3.05, 3.63) is 12.2 Å². The van der Waals surface area contributed by atoms with Gasteiger partial charge in [-0.05, 0) is 38.9 Å². The lowest BCUT2D eigenvalue weighted by atomic mass is 9.72. The molecule has 0 spiro atoms. The Bertz CT molecular complexity index is 292. The van der Waals surface area contributed by atoms with E-state index in [-0.39, 0.29) is 5.92 Å². The summed E-state index contributed by atoms with van der Waals surface area (Å²) in [5.74, 6) is 0.133. The van der Waals surface area contributed by atoms with Crippen LogP contribution in [0.25, 0.3) is 0 Å². The summed E-state index contributed by atoms with van der Waals surface area (Å²) >= 11 is 0. The molecule has 1 rings (SSSR count). The Balaban J connectivity index is 2.15. The summed E-state index contributed by atoms with van der Waals surface area (Å²) in [6, 6.07) is 0.427. The van der Waals surface area contributed by atoms with Gasteiger partial charge in [0.1, 0.15) is 5.72 Å². The minimum absolute atomic E-state index is 0.133. The Morgan fingerprint density at radius 1 is 1.42 bits per heavy atom. The van der Waals surface area contributed by atoms with Gasteiger partial charge in [-0.1, -0.05) is 18.6 Å². The molecule has 0 aromatic heterocycles. The van der Waals surface area contributed by atoms with E-state index in [0.717, 1.165) is 25.0 Å². The summed E-state index contributed by atoms with van der Waals surface area (Å²) in [6.45, 7) is 6.64. The fourth-order valence-corrected chi connectivity index (χ4v) is 2.45. The first-order chi connectivity index (χ1) is 8.81. The van der Waals surface area contributed by atoms with Gasteiger partial charge < -0.3 is 26.2 Å². The molecule has 19 heavy (non-hydrogen) atoms. The van der Waals surface area contributed by atoms with E-state index in [0.29, 0.717) is 31.6 Å². The number of hydrogen-bond acceptors (Lipinski definition) is 5. The van der Waals surface area contributed by atoms with Crippen molar-refractivity contribution in [3.8, 4) is 0 Å². The summed E-state index contributed by atoms with van der Waals surface area (Å²) in [7, 11) is -1.26. The van der Waals surface area contributed by atoms with Crippen LogP contribution in [0.3, 0.4) is 0 Å². The molecule has 0 amide bonds. The van der Waals surface area contributed by atoms with Crippen molar-refractivity contribution in [3.63, 3.8) is 0 Å². The van der Waals surface area contributed by atoms with Gasteiger partial charge in [0.05, 0.1) is 0 Å². The molecule has 1 atom stereocenters. The van der Waals surface area contributed by atoms with Gasteiger partial charge in [0.2, 0.25) is 0 Å². The maximum absolute atomic E-state index is 10.2. The summed E-state index contributed by atoms with van der Waals surface area (Å²) in [4.78, 5) is 0. The molecule has 6 N–H and O–H groups in total. The SMILES string of the molecule is C=C(C)CNC1CC(C(N)(O)CCCCB(O)O)C1. The largest absolute Gasteiger partial charge is 0.451 e. The van der Waals surface area contributed by atoms with E-state index in [2.05, 4.69) is 11.9 Å². The third kappa shape index (κ3) is 6.06. The van der Waals surface area contributed by atoms with E-state index in [4.69, 9.17) is 15.8 Å². The first kappa shape index (κ1) is 16.7. The molecule has 0 bridgehead atoms. The average molecular weight is 270 g/mol. The van der Waals surface area contributed by atoms with Crippen molar-refractivity contribution < 1.29 is 15.2 Å². The molecule has 5 nitrogen and oxygen atoms in total. The first-order valence-electron chi connectivity index (χ1n) is 7.06. The molecule has 0 aliphatic heterocycles. The monoisotopic (exact) mass is 270 g/mol. The van der Waals surface area contributed by atoms with Gasteiger partial charge in [-0.3, -0.25) is 0 Å². The topological polar surface area (TPSA) is 98.7 Å². The maximum Gasteiger partial charge on any atom is 0.451 e. The van der Waals surface area contributed by atoms with Gasteiger partial charge in [0.15, 0.2) is 0 Å². The van der Waals surface area contributed by atoms with Crippen LogP contribution >= 0.6 is 0 Å². The van der Waals surface area contributed by atoms with E-state index in [1.807, 2.05) is 6.92 Å². The van der Waals surface area contributed by atoms with Crippen molar-refractivity contribution in [2.24, 2.45) is 11.7 Å². The predicted octanol–water partition coefficient (Wildman–Crippen LogP) is 0.221. The molecule has 6 heteroatoms. The average Bonchev–Trinajstić information content (AvgIpc) is 2.21. The predicted molar refractivity (Wildman–Crippen MR) is 77.3 cm³/mol. The summed E-state index contributed by atoms with van der Waals surface area (Å²) in [5, 5.41) is 31.0. The Morgan fingerprint density at radius 2 is 2.05 bits per heavy atom. The van der Waals surface area contributed by atoms with Crippen molar-refractivity contribution in [1.29, 1.82) is 0 Å². The smallest absolute Gasteiger partial charge is 0.427 e. The molecule has 0 heterocycles. The third-order valence-electron chi connectivity index (χ3n) is 3.83. The zero-order chi connectivity index (χ0) is 14.5. The highest BCUT2D eigenvalue weighted by Crippen LogP contribution is 2.36. The van der Waals surface area contributed by atoms with Crippen LogP contribution in [0, 0.1) is 5.92 Å². The van der Waals surface area contributed by atoms with Crippen molar-refractivity contribution >= 4 is 7.12 Å². The van der Waals surface area contributed by atoms with Crippen LogP contribution in [0.4, 0.5) is 0 Å². The second-order valence-electron chi connectivity index (χ2n) is 5.92. The van der Waals surface area contributed by atoms with Crippen LogP contribution in [-0.2, 0) is 0 Å². The van der Waals surface area contributed by atoms with Gasteiger partial charge in [-0.25, -0.2) is 0 Å². The Labute approximate surface area is 116 Å². The second-order valence-corrected chi connectivity index (χ2v) is 5.92. The van der Waals surface area contributed by atoms with Gasteiger partial charge in [0, 0.05) is 18.5 Å². The van der Waals surface area contributed by atoms with Crippen LogP contribution in [0.5, 0.6) is 0 Å². The minimum atomic E-state index is -1.26. The van der Waals surface area contributed by atoms with Crippen LogP contribution in [-0.4, -0.2) is 40.6 Å². The van der Waals surface area contributed by atoms with Crippen LogP contribution in [0.1, 0.15) is 39.0 Å². The molecule has 1 unspecified atom stereocenters. The zero-order valence-electron chi connectivity index (χ0n) is 11.8. The van der Waals surface area contributed by atoms with Crippen LogP contribution in [0.15, 0.2) is 12.2 Å². The van der Waals surface area contributed by atoms with Crippen LogP contribution < -0.4 is 11.1 Å². The molecule has 1 saturated carbocycles. The Morgan fingerprint density at radius 3 is 2.58 bits per heavy atom. The molecule has 0 radical (unpaired) electrons. The molecule has 0 saturated heterocycles. The highest BCUT2D eigenvalue weighted by molar-refractivity contribution is 6.40. The lowest BCUT2D eigenvalue weighted by Gasteiger charge is -2.44. The van der Waals surface area contributed by atoms with E-state index >= 15 is 0 Å². The minimum Gasteiger partial charge on any atom is -0.427 e. The third-order valence-corrected chi connectivity index (χ3v) is 3.83. The van der Waals surface area contributed by atoms with E-state index in [1.54, 1.807) is 0 Å². The molecular weight excluding hydrogens is 243 g/mol. The summed E-state index contributed by atoms with van der Waals surface area (Å²) < 4.78 is 0. The van der Waals surface area contributed by atoms with Gasteiger partial charge in [-0.2, -0.15) is 0 Å². The van der Waals surface area contributed by atoms with E-state index in [1.165, 1.54) is 0 Å². The van der Waals surface area contributed by atoms with Crippen molar-refractivity contribution in [2.75, 3.05) is 6.54 Å². The van der Waals surface area contributed by atoms with Crippen molar-refractivity contribution in [2.45, 2.75) is 57.1 Å². The number of nitrogens with two attached hydrogens (primary N) is 1. The van der Waals surface area contributed by atoms with Gasteiger partial charge in [0.25, 0.3) is 0 Å². The second kappa shape index (κ2) is 7.40. The van der Waals surface area contributed by atoms with E-state index in [9.17, 15) is 5.11 Å². The number of hydrogen-bond donors (Lipinski definition) is 5. The fraction of sp³-hybridized carbons (Fsp3) is 0.846. The van der Waals surface area contributed by atoms with Gasteiger partial charge >= 0.3 is 7.12 Å². The molecular formula is C13H27BN2O3. The highest BCUT2D eigenvalue weighted by atomic mass is 16.4. The molecule has 0 aromatic rings. The number of aliphatic hydroxyl groups is 1. The zero-order valence-corrected chi connectivity index (χ0v) is 11.8. The van der Waals surface area contributed by atoms with Crippen molar-refractivity contribution in [1.82, 2.24) is 5.32 Å². The summed E-state index contributed by atoms with van der Waals surface area (Å²) in [6.07, 6.45) is 4.01. The lowest BCUT2D eigenvalue weighted by molar-refractivity contribution is -0.0641. The normalized spacial score (nSPS) is 25.5. The molecule has 1 aliphatic carbocycles. The van der Waals surface area contributed by atoms with Crippen LogP contribution in [0.2, 0.25) is 6.32 Å². The number of unbranched alkanes of at least 4 members (excludes halogenated alkanes) is 1. The van der Waals surface area contributed by atoms with Gasteiger partial charge in [-0.15, -0.1) is 0 Å². The maximum atomic E-state index is 10.2. The number of nitrogens with one attached hydrogen (secondary N) is 1. The fourth-order valence-electron chi connectivity index (χ4n) is 2.45. The first-order valence-corrected chi connectivity index (χ1v) is 7.06. The molecule has 0 aromatic carbocycles. The van der Waals surface area contributed by atoms with E-state index < -0.39 is 12.8 Å². The molecule has 1 fully saturated rings. The highest BCUT2D eigenvalue weighted by Gasteiger charge is 2.41. The summed E-state index contributed by atoms with van der Waals surface area (Å²) in [5.41, 5.74) is 5.92. The Hall–Kier alpha value is -0.395.